The molecule has 0 spiro atoms. The lowest BCUT2D eigenvalue weighted by Crippen LogP contribution is -2.18. The molecule has 1 amide bonds. The van der Waals surface area contributed by atoms with Gasteiger partial charge in [-0.2, -0.15) is 5.10 Å². The Labute approximate surface area is 199 Å². The summed E-state index contributed by atoms with van der Waals surface area (Å²) in [5.41, 5.74) is 6.05. The van der Waals surface area contributed by atoms with Crippen LogP contribution in [0.1, 0.15) is 27.3 Å². The standard InChI is InChI=1S/C24H20N6O3S/c1-16-13-20(17(2)29(16)19-7-4-3-5-8-19)23(31)28-27-15-18-9-10-22(21(14-18)30(32)33)34-24-25-11-6-12-26-24/h3-15H,1-2H3,(H,28,31)/b27-15+. The van der Waals surface area contributed by atoms with Crippen molar-refractivity contribution in [3.05, 3.63) is 106 Å². The van der Waals surface area contributed by atoms with Crippen molar-refractivity contribution < 1.29 is 9.72 Å². The van der Waals surface area contributed by atoms with Crippen LogP contribution >= 0.6 is 11.8 Å². The highest BCUT2D eigenvalue weighted by Gasteiger charge is 2.18. The van der Waals surface area contributed by atoms with Crippen LogP contribution in [0.2, 0.25) is 0 Å². The van der Waals surface area contributed by atoms with Crippen LogP contribution in [0, 0.1) is 24.0 Å². The summed E-state index contributed by atoms with van der Waals surface area (Å²) in [6.07, 6.45) is 4.51. The number of nitro benzene ring substituents is 1. The first-order valence-electron chi connectivity index (χ1n) is 10.2. The quantitative estimate of drug-likeness (QED) is 0.180. The molecule has 0 aliphatic heterocycles. The van der Waals surface area contributed by atoms with Crippen LogP contribution in [-0.4, -0.2) is 31.6 Å². The minimum atomic E-state index is -0.473. The summed E-state index contributed by atoms with van der Waals surface area (Å²) in [5.74, 6) is -0.366. The Morgan fingerprint density at radius 2 is 1.82 bits per heavy atom. The van der Waals surface area contributed by atoms with E-state index in [0.717, 1.165) is 28.8 Å². The lowest BCUT2D eigenvalue weighted by atomic mass is 10.2. The zero-order valence-corrected chi connectivity index (χ0v) is 19.2. The highest BCUT2D eigenvalue weighted by Crippen LogP contribution is 2.33. The first-order chi connectivity index (χ1) is 16.4. The second kappa shape index (κ2) is 10.1. The Kier molecular flexibility index (Phi) is 6.79. The van der Waals surface area contributed by atoms with E-state index in [1.807, 2.05) is 48.7 Å². The summed E-state index contributed by atoms with van der Waals surface area (Å²) in [6.45, 7) is 3.80. The number of carbonyl (C=O) groups excluding carboxylic acids is 1. The zero-order valence-electron chi connectivity index (χ0n) is 18.4. The van der Waals surface area contributed by atoms with E-state index in [1.165, 1.54) is 12.3 Å². The molecule has 2 aromatic carbocycles. The highest BCUT2D eigenvalue weighted by molar-refractivity contribution is 7.99. The first-order valence-corrected chi connectivity index (χ1v) is 11.1. The van der Waals surface area contributed by atoms with Gasteiger partial charge in [-0.3, -0.25) is 14.9 Å². The Bertz CT molecular complexity index is 1370. The fraction of sp³-hybridized carbons (Fsp3) is 0.0833. The van der Waals surface area contributed by atoms with Crippen molar-refractivity contribution in [2.75, 3.05) is 0 Å². The number of nitrogens with zero attached hydrogens (tertiary/aromatic N) is 5. The lowest BCUT2D eigenvalue weighted by molar-refractivity contribution is -0.387. The van der Waals surface area contributed by atoms with E-state index in [0.29, 0.717) is 21.2 Å². The van der Waals surface area contributed by atoms with E-state index in [9.17, 15) is 14.9 Å². The molecule has 0 unspecified atom stereocenters. The maximum atomic E-state index is 12.7. The molecule has 0 saturated heterocycles. The molecule has 2 heterocycles. The van der Waals surface area contributed by atoms with Gasteiger partial charge < -0.3 is 4.57 Å². The summed E-state index contributed by atoms with van der Waals surface area (Å²) < 4.78 is 1.99. The van der Waals surface area contributed by atoms with Crippen molar-refractivity contribution in [3.8, 4) is 5.69 Å². The third kappa shape index (κ3) is 5.02. The van der Waals surface area contributed by atoms with Crippen LogP contribution in [0.3, 0.4) is 0 Å². The van der Waals surface area contributed by atoms with Gasteiger partial charge in [-0.1, -0.05) is 24.3 Å². The normalized spacial score (nSPS) is 11.0. The van der Waals surface area contributed by atoms with E-state index >= 15 is 0 Å². The van der Waals surface area contributed by atoms with E-state index in [-0.39, 0.29) is 11.6 Å². The number of aromatic nitrogens is 3. The molecule has 4 aromatic rings. The average Bonchev–Trinajstić information content (AvgIpc) is 3.14. The lowest BCUT2D eigenvalue weighted by Gasteiger charge is -2.09. The Balaban J connectivity index is 1.50. The van der Waals surface area contributed by atoms with Crippen molar-refractivity contribution in [1.82, 2.24) is 20.0 Å². The number of para-hydroxylation sites is 1. The second-order valence-electron chi connectivity index (χ2n) is 7.27. The van der Waals surface area contributed by atoms with E-state index < -0.39 is 4.92 Å². The topological polar surface area (TPSA) is 115 Å². The van der Waals surface area contributed by atoms with Gasteiger partial charge in [0.2, 0.25) is 0 Å². The van der Waals surface area contributed by atoms with Gasteiger partial charge in [-0.05, 0) is 55.9 Å². The van der Waals surface area contributed by atoms with Gasteiger partial charge in [0, 0.05) is 41.1 Å². The number of hydrogen-bond acceptors (Lipinski definition) is 7. The Hall–Kier alpha value is -4.31. The molecule has 0 atom stereocenters. The number of nitro groups is 1. The largest absolute Gasteiger partial charge is 0.318 e. The molecule has 0 aliphatic carbocycles. The molecule has 0 radical (unpaired) electrons. The number of benzene rings is 2. The van der Waals surface area contributed by atoms with Gasteiger partial charge in [0.15, 0.2) is 5.16 Å². The monoisotopic (exact) mass is 472 g/mol. The summed E-state index contributed by atoms with van der Waals surface area (Å²) >= 11 is 1.10. The van der Waals surface area contributed by atoms with Crippen molar-refractivity contribution in [2.45, 2.75) is 23.9 Å². The highest BCUT2D eigenvalue weighted by atomic mass is 32.2. The molecule has 34 heavy (non-hydrogen) atoms. The molecule has 9 nitrogen and oxygen atoms in total. The Morgan fingerprint density at radius 3 is 2.53 bits per heavy atom. The second-order valence-corrected chi connectivity index (χ2v) is 8.28. The van der Waals surface area contributed by atoms with Gasteiger partial charge in [-0.15, -0.1) is 0 Å². The average molecular weight is 473 g/mol. The summed E-state index contributed by atoms with van der Waals surface area (Å²) in [5, 5.41) is 16.0. The van der Waals surface area contributed by atoms with Crippen molar-refractivity contribution in [1.29, 1.82) is 0 Å². The molecular formula is C24H20N6O3S. The fourth-order valence-electron chi connectivity index (χ4n) is 3.47. The van der Waals surface area contributed by atoms with Crippen molar-refractivity contribution in [3.63, 3.8) is 0 Å². The predicted octanol–water partition coefficient (Wildman–Crippen LogP) is 4.71. The van der Waals surface area contributed by atoms with Crippen LogP contribution in [-0.2, 0) is 0 Å². The smallest absolute Gasteiger partial charge is 0.283 e. The maximum Gasteiger partial charge on any atom is 0.283 e. The fourth-order valence-corrected chi connectivity index (χ4v) is 4.27. The van der Waals surface area contributed by atoms with Gasteiger partial charge in [0.25, 0.3) is 11.6 Å². The number of nitrogens with one attached hydrogen (secondary N) is 1. The van der Waals surface area contributed by atoms with Crippen LogP contribution in [0.15, 0.2) is 88.2 Å². The number of amides is 1. The van der Waals surface area contributed by atoms with Crippen molar-refractivity contribution in [2.24, 2.45) is 5.10 Å². The summed E-state index contributed by atoms with van der Waals surface area (Å²) in [6, 6.07) is 17.9. The Morgan fingerprint density at radius 1 is 1.09 bits per heavy atom. The predicted molar refractivity (Wildman–Crippen MR) is 130 cm³/mol. The molecule has 0 saturated carbocycles. The van der Waals surface area contributed by atoms with Crippen molar-refractivity contribution >= 4 is 29.6 Å². The number of carbonyl (C=O) groups is 1. The third-order valence-corrected chi connectivity index (χ3v) is 5.95. The van der Waals surface area contributed by atoms with E-state index in [4.69, 9.17) is 0 Å². The summed E-state index contributed by atoms with van der Waals surface area (Å²) in [7, 11) is 0. The molecular weight excluding hydrogens is 452 g/mol. The van der Waals surface area contributed by atoms with Gasteiger partial charge in [-0.25, -0.2) is 15.4 Å². The zero-order chi connectivity index (χ0) is 24.1. The third-order valence-electron chi connectivity index (χ3n) is 4.99. The molecule has 2 aromatic heterocycles. The van der Waals surface area contributed by atoms with Crippen LogP contribution < -0.4 is 5.43 Å². The van der Waals surface area contributed by atoms with E-state index in [1.54, 1.807) is 36.7 Å². The molecule has 170 valence electrons. The number of hydrogen-bond donors (Lipinski definition) is 1. The molecule has 0 aliphatic rings. The minimum Gasteiger partial charge on any atom is -0.318 e. The molecule has 4 rings (SSSR count). The van der Waals surface area contributed by atoms with E-state index in [2.05, 4.69) is 20.5 Å². The molecule has 0 fully saturated rings. The van der Waals surface area contributed by atoms with Crippen LogP contribution in [0.25, 0.3) is 5.69 Å². The number of aryl methyl sites for hydroxylation is 1. The van der Waals surface area contributed by atoms with Crippen LogP contribution in [0.5, 0.6) is 0 Å². The van der Waals surface area contributed by atoms with Gasteiger partial charge in [0.1, 0.15) is 0 Å². The van der Waals surface area contributed by atoms with Crippen LogP contribution in [0.4, 0.5) is 5.69 Å². The molecule has 0 bridgehead atoms. The molecule has 10 heteroatoms. The maximum absolute atomic E-state index is 12.7. The SMILES string of the molecule is Cc1cc(C(=O)N/N=C/c2ccc(Sc3ncccn3)c([N+](=O)[O-])c2)c(C)n1-c1ccccc1. The van der Waals surface area contributed by atoms with Gasteiger partial charge >= 0.3 is 0 Å². The minimum absolute atomic E-state index is 0.0980. The number of rotatable bonds is 7. The summed E-state index contributed by atoms with van der Waals surface area (Å²) in [4.78, 5) is 32.4. The van der Waals surface area contributed by atoms with Gasteiger partial charge in [0.05, 0.1) is 21.6 Å². The first kappa shape index (κ1) is 22.9. The molecule has 1 N–H and O–H groups in total. The number of hydrazone groups is 1.